The van der Waals surface area contributed by atoms with Crippen molar-refractivity contribution in [2.75, 3.05) is 0 Å². The number of carbonyl (C=O) groups is 1. The van der Waals surface area contributed by atoms with E-state index in [1.807, 2.05) is 13.8 Å². The second kappa shape index (κ2) is 7.17. The summed E-state index contributed by atoms with van der Waals surface area (Å²) in [5.74, 6) is -0.520. The normalized spacial score (nSPS) is 11.8. The average Bonchev–Trinajstić information content (AvgIpc) is 2.87. The number of carbonyl (C=O) groups excluding carboxylic acids is 1. The third-order valence-corrected chi connectivity index (χ3v) is 5.11. The predicted molar refractivity (Wildman–Crippen MR) is 100 cm³/mol. The quantitative estimate of drug-likeness (QED) is 0.545. The van der Waals surface area contributed by atoms with Gasteiger partial charge in [-0.25, -0.2) is 14.8 Å². The molecular weight excluding hydrogens is 355 g/mol. The van der Waals surface area contributed by atoms with E-state index in [0.29, 0.717) is 21.5 Å². The van der Waals surface area contributed by atoms with Gasteiger partial charge in [0, 0.05) is 10.4 Å². The number of amides is 1. The van der Waals surface area contributed by atoms with Crippen LogP contribution in [0, 0.1) is 19.7 Å². The highest BCUT2D eigenvalue weighted by Crippen LogP contribution is 2.25. The van der Waals surface area contributed by atoms with Gasteiger partial charge in [0.1, 0.15) is 16.5 Å². The van der Waals surface area contributed by atoms with Crippen molar-refractivity contribution in [1.82, 2.24) is 15.4 Å². The number of nitrogens with zero attached hydrogens (tertiary/aromatic N) is 2. The van der Waals surface area contributed by atoms with Gasteiger partial charge >= 0.3 is 0 Å². The summed E-state index contributed by atoms with van der Waals surface area (Å²) in [6.07, 6.45) is -0.110. The zero-order valence-electron chi connectivity index (χ0n) is 14.5. The molecule has 0 aliphatic rings. The van der Waals surface area contributed by atoms with Gasteiger partial charge in [0.15, 0.2) is 0 Å². The number of benzene rings is 1. The number of hydrogen-bond acceptors (Lipinski definition) is 5. The molecule has 0 fully saturated rings. The predicted octanol–water partition coefficient (Wildman–Crippen LogP) is 2.82. The Kier molecular flexibility index (Phi) is 4.94. The van der Waals surface area contributed by atoms with Gasteiger partial charge in [-0.15, -0.1) is 11.3 Å². The van der Waals surface area contributed by atoms with Crippen molar-refractivity contribution >= 4 is 33.2 Å². The van der Waals surface area contributed by atoms with Gasteiger partial charge in [-0.05, 0) is 38.5 Å². The molecule has 134 valence electrons. The molecule has 2 N–H and O–H groups in total. The Labute approximate surface area is 152 Å². The van der Waals surface area contributed by atoms with Crippen LogP contribution in [0.15, 0.2) is 34.2 Å². The molecule has 0 radical (unpaired) electrons. The van der Waals surface area contributed by atoms with Crippen molar-refractivity contribution in [1.29, 1.82) is 0 Å². The Hall–Kier alpha value is -2.87. The van der Waals surface area contributed by atoms with E-state index in [9.17, 15) is 14.0 Å². The Balaban J connectivity index is 1.75. The molecule has 0 aliphatic carbocycles. The largest absolute Gasteiger partial charge is 0.309 e. The highest BCUT2D eigenvalue weighted by molar-refractivity contribution is 7.18. The van der Waals surface area contributed by atoms with Gasteiger partial charge in [0.05, 0.1) is 17.5 Å². The topological polar surface area (TPSA) is 87.2 Å². The van der Waals surface area contributed by atoms with E-state index in [1.165, 1.54) is 23.5 Å². The number of aryl methyl sites for hydroxylation is 2. The van der Waals surface area contributed by atoms with Crippen molar-refractivity contribution in [2.24, 2.45) is 5.10 Å². The lowest BCUT2D eigenvalue weighted by atomic mass is 10.1. The molecule has 2 heterocycles. The van der Waals surface area contributed by atoms with E-state index in [0.717, 1.165) is 10.4 Å². The molecule has 0 unspecified atom stereocenters. The van der Waals surface area contributed by atoms with Gasteiger partial charge in [0.2, 0.25) is 5.91 Å². The molecule has 1 aromatic carbocycles. The van der Waals surface area contributed by atoms with Crippen LogP contribution in [0.1, 0.15) is 28.8 Å². The molecule has 0 spiro atoms. The van der Waals surface area contributed by atoms with Crippen molar-refractivity contribution in [3.05, 3.63) is 62.3 Å². The minimum atomic E-state index is -0.423. The van der Waals surface area contributed by atoms with Crippen LogP contribution in [0.3, 0.4) is 0 Å². The summed E-state index contributed by atoms with van der Waals surface area (Å²) in [7, 11) is 0. The van der Waals surface area contributed by atoms with E-state index in [2.05, 4.69) is 20.5 Å². The lowest BCUT2D eigenvalue weighted by Gasteiger charge is -2.03. The first-order chi connectivity index (χ1) is 12.3. The molecule has 26 heavy (non-hydrogen) atoms. The molecule has 2 aromatic heterocycles. The number of aromatic amines is 1. The lowest BCUT2D eigenvalue weighted by Crippen LogP contribution is -2.24. The maximum atomic E-state index is 13.2. The van der Waals surface area contributed by atoms with Gasteiger partial charge in [-0.2, -0.15) is 5.10 Å². The maximum Gasteiger partial charge on any atom is 0.259 e. The van der Waals surface area contributed by atoms with Crippen molar-refractivity contribution in [3.63, 3.8) is 0 Å². The molecule has 6 nitrogen and oxygen atoms in total. The Morgan fingerprint density at radius 2 is 2.15 bits per heavy atom. The van der Waals surface area contributed by atoms with Crippen molar-refractivity contribution in [3.8, 4) is 0 Å². The Bertz CT molecular complexity index is 1080. The fourth-order valence-corrected chi connectivity index (χ4v) is 3.55. The average molecular weight is 372 g/mol. The minimum Gasteiger partial charge on any atom is -0.309 e. The van der Waals surface area contributed by atoms with Gasteiger partial charge < -0.3 is 4.98 Å². The van der Waals surface area contributed by atoms with Crippen molar-refractivity contribution in [2.45, 2.75) is 27.2 Å². The molecule has 3 rings (SSSR count). The van der Waals surface area contributed by atoms with E-state index in [4.69, 9.17) is 0 Å². The smallest absolute Gasteiger partial charge is 0.259 e. The van der Waals surface area contributed by atoms with Crippen LogP contribution >= 0.6 is 11.3 Å². The van der Waals surface area contributed by atoms with Gasteiger partial charge in [0.25, 0.3) is 5.56 Å². The SMILES string of the molecule is C/C(=N/NC(=O)Cc1nc2sc(C)c(C)c2c(=O)[nH]1)c1cccc(F)c1. The zero-order valence-corrected chi connectivity index (χ0v) is 15.3. The third-order valence-electron chi connectivity index (χ3n) is 4.01. The van der Waals surface area contributed by atoms with Gasteiger partial charge in [-0.1, -0.05) is 12.1 Å². The Morgan fingerprint density at radius 3 is 2.88 bits per heavy atom. The summed E-state index contributed by atoms with van der Waals surface area (Å²) in [5.41, 5.74) is 4.10. The van der Waals surface area contributed by atoms with Crippen LogP contribution < -0.4 is 11.0 Å². The van der Waals surface area contributed by atoms with Crippen LogP contribution in [-0.4, -0.2) is 21.6 Å². The van der Waals surface area contributed by atoms with Crippen LogP contribution in [0.25, 0.3) is 10.2 Å². The Morgan fingerprint density at radius 1 is 1.38 bits per heavy atom. The number of thiophene rings is 1. The monoisotopic (exact) mass is 372 g/mol. The lowest BCUT2D eigenvalue weighted by molar-refractivity contribution is -0.120. The molecule has 0 saturated carbocycles. The highest BCUT2D eigenvalue weighted by atomic mass is 32.1. The second-order valence-corrected chi connectivity index (χ2v) is 7.10. The number of rotatable bonds is 4. The summed E-state index contributed by atoms with van der Waals surface area (Å²) < 4.78 is 13.2. The van der Waals surface area contributed by atoms with Crippen molar-refractivity contribution < 1.29 is 9.18 Å². The number of aromatic nitrogens is 2. The van der Waals surface area contributed by atoms with Crippen LogP contribution in [0.4, 0.5) is 4.39 Å². The molecular formula is C18H17FN4O2S. The molecule has 1 amide bonds. The summed E-state index contributed by atoms with van der Waals surface area (Å²) in [5, 5.41) is 4.53. The second-order valence-electron chi connectivity index (χ2n) is 5.90. The minimum absolute atomic E-state index is 0.110. The first-order valence-electron chi connectivity index (χ1n) is 7.93. The molecule has 3 aromatic rings. The number of halogens is 1. The maximum absolute atomic E-state index is 13.2. The van der Waals surface area contributed by atoms with Crippen LogP contribution in [0.5, 0.6) is 0 Å². The summed E-state index contributed by atoms with van der Waals surface area (Å²) in [6.45, 7) is 5.47. The summed E-state index contributed by atoms with van der Waals surface area (Å²) in [6, 6.07) is 5.93. The number of hydrazone groups is 1. The van der Waals surface area contributed by atoms with E-state index in [1.54, 1.807) is 19.1 Å². The first kappa shape index (κ1) is 17.9. The fraction of sp³-hybridized carbons (Fsp3) is 0.222. The molecule has 0 atom stereocenters. The highest BCUT2D eigenvalue weighted by Gasteiger charge is 2.13. The fourth-order valence-electron chi connectivity index (χ4n) is 2.50. The molecule has 0 bridgehead atoms. The standard InChI is InChI=1S/C18H17FN4O2S/c1-9-11(3)26-18-16(9)17(25)20-14(21-18)8-15(24)23-22-10(2)12-5-4-6-13(19)7-12/h4-7H,8H2,1-3H3,(H,23,24)(H,20,21,25)/b22-10-. The van der Waals surface area contributed by atoms with Crippen LogP contribution in [-0.2, 0) is 11.2 Å². The number of hydrogen-bond donors (Lipinski definition) is 2. The first-order valence-corrected chi connectivity index (χ1v) is 8.74. The number of nitrogens with one attached hydrogen (secondary N) is 2. The molecule has 0 aliphatic heterocycles. The summed E-state index contributed by atoms with van der Waals surface area (Å²) in [4.78, 5) is 32.9. The van der Waals surface area contributed by atoms with E-state index < -0.39 is 5.91 Å². The summed E-state index contributed by atoms with van der Waals surface area (Å²) >= 11 is 1.43. The number of fused-ring (bicyclic) bond motifs is 1. The van der Waals surface area contributed by atoms with E-state index in [-0.39, 0.29) is 23.6 Å². The third kappa shape index (κ3) is 3.70. The number of H-pyrrole nitrogens is 1. The molecule has 8 heteroatoms. The zero-order chi connectivity index (χ0) is 18.8. The molecule has 0 saturated heterocycles. The van der Waals surface area contributed by atoms with Crippen LogP contribution in [0.2, 0.25) is 0 Å². The van der Waals surface area contributed by atoms with E-state index >= 15 is 0 Å². The van der Waals surface area contributed by atoms with Gasteiger partial charge in [-0.3, -0.25) is 9.59 Å².